The summed E-state index contributed by atoms with van der Waals surface area (Å²) < 4.78 is 7.55. The Morgan fingerprint density at radius 2 is 1.90 bits per heavy atom. The molecular weight excluding hydrogens is 378 g/mol. The topological polar surface area (TPSA) is 68.3 Å². The van der Waals surface area contributed by atoms with E-state index in [9.17, 15) is 9.59 Å². The number of aryl methyl sites for hydroxylation is 2. The number of piperidine rings is 1. The highest BCUT2D eigenvalue weighted by Gasteiger charge is 2.31. The molecule has 0 N–H and O–H groups in total. The van der Waals surface area contributed by atoms with Crippen molar-refractivity contribution < 1.29 is 9.21 Å². The number of carbonyl (C=O) groups excluding carboxylic acids is 1. The number of benzene rings is 2. The SMILES string of the molecule is Cc1c(C(=O)N2CCCC(c3nc4ccccc4n3C)C2)c(=O)oc2ccccc12. The van der Waals surface area contributed by atoms with Crippen molar-refractivity contribution in [1.82, 2.24) is 14.5 Å². The van der Waals surface area contributed by atoms with Gasteiger partial charge >= 0.3 is 5.63 Å². The smallest absolute Gasteiger partial charge is 0.349 e. The van der Waals surface area contributed by atoms with E-state index < -0.39 is 5.63 Å². The maximum absolute atomic E-state index is 13.4. The van der Waals surface area contributed by atoms with Crippen LogP contribution in [0.5, 0.6) is 0 Å². The molecule has 30 heavy (non-hydrogen) atoms. The molecule has 0 bridgehead atoms. The highest BCUT2D eigenvalue weighted by molar-refractivity contribution is 5.99. The fourth-order valence-corrected chi connectivity index (χ4v) is 4.61. The van der Waals surface area contributed by atoms with Crippen molar-refractivity contribution in [1.29, 1.82) is 0 Å². The molecule has 1 unspecified atom stereocenters. The largest absolute Gasteiger partial charge is 0.422 e. The quantitative estimate of drug-likeness (QED) is 0.476. The summed E-state index contributed by atoms with van der Waals surface area (Å²) in [5.41, 5.74) is 2.80. The van der Waals surface area contributed by atoms with Crippen LogP contribution >= 0.6 is 0 Å². The molecule has 2 aromatic carbocycles. The van der Waals surface area contributed by atoms with Gasteiger partial charge in [-0.05, 0) is 43.5 Å². The van der Waals surface area contributed by atoms with Gasteiger partial charge in [0.1, 0.15) is 17.0 Å². The lowest BCUT2D eigenvalue weighted by molar-refractivity contribution is 0.0699. The van der Waals surface area contributed by atoms with Crippen molar-refractivity contribution in [2.24, 2.45) is 7.05 Å². The van der Waals surface area contributed by atoms with E-state index in [0.717, 1.165) is 35.1 Å². The van der Waals surface area contributed by atoms with Crippen LogP contribution in [0.3, 0.4) is 0 Å². The molecule has 4 aromatic rings. The normalized spacial score (nSPS) is 17.0. The Morgan fingerprint density at radius 1 is 1.13 bits per heavy atom. The van der Waals surface area contributed by atoms with Crippen LogP contribution in [0, 0.1) is 6.92 Å². The van der Waals surface area contributed by atoms with Crippen molar-refractivity contribution in [3.8, 4) is 0 Å². The molecule has 1 aliphatic rings. The third-order valence-electron chi connectivity index (χ3n) is 6.18. The number of nitrogens with zero attached hydrogens (tertiary/aromatic N) is 3. The van der Waals surface area contributed by atoms with Crippen molar-refractivity contribution >= 4 is 27.9 Å². The van der Waals surface area contributed by atoms with E-state index in [4.69, 9.17) is 9.40 Å². The summed E-state index contributed by atoms with van der Waals surface area (Å²) in [5, 5.41) is 0.796. The molecule has 5 rings (SSSR count). The first kappa shape index (κ1) is 18.6. The van der Waals surface area contributed by atoms with Crippen LogP contribution in [-0.4, -0.2) is 33.4 Å². The number of para-hydroxylation sites is 3. The van der Waals surface area contributed by atoms with Gasteiger partial charge in [-0.25, -0.2) is 9.78 Å². The number of fused-ring (bicyclic) bond motifs is 2. The molecule has 6 nitrogen and oxygen atoms in total. The standard InChI is InChI=1S/C24H23N3O3/c1-15-17-9-3-6-12-20(17)30-24(29)21(15)23(28)27-13-7-8-16(14-27)22-25-18-10-4-5-11-19(18)26(22)2/h3-6,9-12,16H,7-8,13-14H2,1-2H3. The van der Waals surface area contributed by atoms with E-state index in [2.05, 4.69) is 10.6 Å². The average molecular weight is 401 g/mol. The van der Waals surface area contributed by atoms with Gasteiger partial charge in [0.25, 0.3) is 5.91 Å². The summed E-state index contributed by atoms with van der Waals surface area (Å²) in [5.74, 6) is 0.860. The van der Waals surface area contributed by atoms with Gasteiger partial charge in [-0.2, -0.15) is 0 Å². The van der Waals surface area contributed by atoms with Crippen LogP contribution in [0.15, 0.2) is 57.7 Å². The number of likely N-dealkylation sites (tertiary alicyclic amines) is 1. The molecule has 1 aliphatic heterocycles. The van der Waals surface area contributed by atoms with Crippen LogP contribution in [0.2, 0.25) is 0 Å². The van der Waals surface area contributed by atoms with Crippen molar-refractivity contribution in [2.75, 3.05) is 13.1 Å². The van der Waals surface area contributed by atoms with Crippen LogP contribution in [-0.2, 0) is 7.05 Å². The first-order valence-electron chi connectivity index (χ1n) is 10.3. The summed E-state index contributed by atoms with van der Waals surface area (Å²) in [6.45, 7) is 2.99. The summed E-state index contributed by atoms with van der Waals surface area (Å²) in [6.07, 6.45) is 1.84. The van der Waals surface area contributed by atoms with Crippen molar-refractivity contribution in [3.05, 3.63) is 75.9 Å². The van der Waals surface area contributed by atoms with Crippen LogP contribution < -0.4 is 5.63 Å². The van der Waals surface area contributed by atoms with Gasteiger partial charge in [0, 0.05) is 31.4 Å². The minimum atomic E-state index is -0.568. The van der Waals surface area contributed by atoms with Crippen molar-refractivity contribution in [2.45, 2.75) is 25.7 Å². The Hall–Kier alpha value is -3.41. The summed E-state index contributed by atoms with van der Waals surface area (Å²) in [6, 6.07) is 15.4. The van der Waals surface area contributed by atoms with E-state index in [1.807, 2.05) is 50.4 Å². The molecule has 1 fully saturated rings. The minimum absolute atomic E-state index is 0.132. The molecule has 0 spiro atoms. The second kappa shape index (κ2) is 7.13. The number of imidazole rings is 1. The van der Waals surface area contributed by atoms with Gasteiger partial charge in [-0.1, -0.05) is 30.3 Å². The zero-order chi connectivity index (χ0) is 20.8. The van der Waals surface area contributed by atoms with E-state index >= 15 is 0 Å². The van der Waals surface area contributed by atoms with Crippen LogP contribution in [0.4, 0.5) is 0 Å². The van der Waals surface area contributed by atoms with Crippen LogP contribution in [0.25, 0.3) is 22.0 Å². The van der Waals surface area contributed by atoms with Gasteiger partial charge in [0.05, 0.1) is 11.0 Å². The molecule has 6 heteroatoms. The first-order valence-corrected chi connectivity index (χ1v) is 10.3. The number of amides is 1. The Balaban J connectivity index is 1.49. The second-order valence-corrected chi connectivity index (χ2v) is 7.99. The molecule has 1 amide bonds. The second-order valence-electron chi connectivity index (χ2n) is 7.99. The summed E-state index contributed by atoms with van der Waals surface area (Å²) in [4.78, 5) is 32.6. The summed E-state index contributed by atoms with van der Waals surface area (Å²) >= 11 is 0. The molecule has 152 valence electrons. The Labute approximate surface area is 173 Å². The third-order valence-corrected chi connectivity index (χ3v) is 6.18. The monoisotopic (exact) mass is 401 g/mol. The molecule has 0 aliphatic carbocycles. The molecule has 3 heterocycles. The van der Waals surface area contributed by atoms with Crippen molar-refractivity contribution in [3.63, 3.8) is 0 Å². The molecule has 2 aromatic heterocycles. The Kier molecular flexibility index (Phi) is 4.42. The van der Waals surface area contributed by atoms with E-state index in [0.29, 0.717) is 24.2 Å². The fraction of sp³-hybridized carbons (Fsp3) is 0.292. The number of hydrogen-bond donors (Lipinski definition) is 0. The minimum Gasteiger partial charge on any atom is -0.422 e. The fourth-order valence-electron chi connectivity index (χ4n) is 4.61. The lowest BCUT2D eigenvalue weighted by Gasteiger charge is -2.32. The maximum atomic E-state index is 13.4. The lowest BCUT2D eigenvalue weighted by Crippen LogP contribution is -2.41. The Bertz CT molecular complexity index is 1330. The number of carbonyl (C=O) groups is 1. The zero-order valence-corrected chi connectivity index (χ0v) is 17.1. The zero-order valence-electron chi connectivity index (χ0n) is 17.1. The number of aromatic nitrogens is 2. The first-order chi connectivity index (χ1) is 14.5. The highest BCUT2D eigenvalue weighted by atomic mass is 16.4. The Morgan fingerprint density at radius 3 is 2.73 bits per heavy atom. The molecule has 0 saturated carbocycles. The molecule has 0 radical (unpaired) electrons. The number of hydrogen-bond acceptors (Lipinski definition) is 4. The summed E-state index contributed by atoms with van der Waals surface area (Å²) in [7, 11) is 2.02. The molecular formula is C24H23N3O3. The van der Waals surface area contributed by atoms with Gasteiger partial charge in [-0.3, -0.25) is 4.79 Å². The lowest BCUT2D eigenvalue weighted by atomic mass is 9.96. The maximum Gasteiger partial charge on any atom is 0.349 e. The molecule has 1 saturated heterocycles. The van der Waals surface area contributed by atoms with Gasteiger partial charge in [-0.15, -0.1) is 0 Å². The predicted octanol–water partition coefficient (Wildman–Crippen LogP) is 4.01. The predicted molar refractivity (Wildman–Crippen MR) is 116 cm³/mol. The van der Waals surface area contributed by atoms with E-state index in [1.165, 1.54) is 0 Å². The van der Waals surface area contributed by atoms with Gasteiger partial charge in [0.2, 0.25) is 0 Å². The highest BCUT2D eigenvalue weighted by Crippen LogP contribution is 2.30. The van der Waals surface area contributed by atoms with E-state index in [1.54, 1.807) is 11.0 Å². The van der Waals surface area contributed by atoms with Crippen LogP contribution in [0.1, 0.15) is 40.5 Å². The van der Waals surface area contributed by atoms with Gasteiger partial charge in [0.15, 0.2) is 0 Å². The average Bonchev–Trinajstić information content (AvgIpc) is 3.10. The number of rotatable bonds is 2. The van der Waals surface area contributed by atoms with E-state index in [-0.39, 0.29) is 17.4 Å². The third kappa shape index (κ3) is 2.91. The van der Waals surface area contributed by atoms with Gasteiger partial charge < -0.3 is 13.9 Å². The molecule has 1 atom stereocenters.